The molecule has 0 saturated heterocycles. The van der Waals surface area contributed by atoms with Gasteiger partial charge in [-0.3, -0.25) is 9.78 Å². The van der Waals surface area contributed by atoms with Gasteiger partial charge in [0.05, 0.1) is 19.4 Å². The number of nitrogens with one attached hydrogen (secondary N) is 1. The lowest BCUT2D eigenvalue weighted by molar-refractivity contribution is 0.0955. The third-order valence-electron chi connectivity index (χ3n) is 5.29. The summed E-state index contributed by atoms with van der Waals surface area (Å²) in [5, 5.41) is 4.02. The molecule has 0 aliphatic rings. The summed E-state index contributed by atoms with van der Waals surface area (Å²) in [6, 6.07) is 16.3. The minimum atomic E-state index is -0.312. The zero-order valence-electron chi connectivity index (χ0n) is 21.5. The first kappa shape index (κ1) is 27.5. The van der Waals surface area contributed by atoms with Gasteiger partial charge in [-0.2, -0.15) is 5.10 Å². The van der Waals surface area contributed by atoms with Crippen LogP contribution in [0.4, 0.5) is 0 Å². The number of benzene rings is 2. The zero-order valence-corrected chi connectivity index (χ0v) is 21.5. The highest BCUT2D eigenvalue weighted by Crippen LogP contribution is 2.28. The predicted molar refractivity (Wildman–Crippen MR) is 144 cm³/mol. The SMILES string of the molecule is CCCCCCOc1ccc(OCCOc2ccc(/C=N\NC(=O)c3ccncc3)cc2OCC)cc1. The van der Waals surface area contributed by atoms with Gasteiger partial charge in [0.15, 0.2) is 11.5 Å². The smallest absolute Gasteiger partial charge is 0.271 e. The maximum absolute atomic E-state index is 12.1. The molecular weight excluding hydrogens is 470 g/mol. The van der Waals surface area contributed by atoms with E-state index >= 15 is 0 Å². The molecule has 1 amide bonds. The summed E-state index contributed by atoms with van der Waals surface area (Å²) in [5.74, 6) is 2.49. The standard InChI is InChI=1S/C29H35N3O5/c1-3-5-6-7-18-35-25-9-11-26(12-10-25)36-19-20-37-27-13-8-23(21-28(27)34-4-2)22-31-32-29(33)24-14-16-30-17-15-24/h8-17,21-22H,3-7,18-20H2,1-2H3,(H,32,33)/b31-22-. The number of rotatable bonds is 16. The average Bonchev–Trinajstić information content (AvgIpc) is 2.93. The van der Waals surface area contributed by atoms with Crippen LogP contribution in [0, 0.1) is 0 Å². The third-order valence-corrected chi connectivity index (χ3v) is 5.29. The lowest BCUT2D eigenvalue weighted by Crippen LogP contribution is -2.17. The Bertz CT molecular complexity index is 1100. The molecule has 0 saturated carbocycles. The first-order chi connectivity index (χ1) is 18.2. The van der Waals surface area contributed by atoms with Crippen LogP contribution in [0.15, 0.2) is 72.1 Å². The summed E-state index contributed by atoms with van der Waals surface area (Å²) in [6.07, 6.45) is 9.39. The molecule has 1 heterocycles. The van der Waals surface area contributed by atoms with Gasteiger partial charge in [-0.15, -0.1) is 0 Å². The van der Waals surface area contributed by atoms with E-state index in [1.54, 1.807) is 30.7 Å². The van der Waals surface area contributed by atoms with Gasteiger partial charge in [-0.1, -0.05) is 26.2 Å². The van der Waals surface area contributed by atoms with E-state index in [-0.39, 0.29) is 5.91 Å². The number of hydrazone groups is 1. The minimum Gasteiger partial charge on any atom is -0.494 e. The minimum absolute atomic E-state index is 0.312. The van der Waals surface area contributed by atoms with Crippen molar-refractivity contribution in [3.8, 4) is 23.0 Å². The van der Waals surface area contributed by atoms with Crippen LogP contribution in [-0.2, 0) is 0 Å². The Morgan fingerprint density at radius 1 is 0.811 bits per heavy atom. The molecular formula is C29H35N3O5. The molecule has 1 aromatic heterocycles. The Kier molecular flexibility index (Phi) is 11.8. The van der Waals surface area contributed by atoms with Crippen LogP contribution < -0.4 is 24.4 Å². The van der Waals surface area contributed by atoms with E-state index in [1.807, 2.05) is 49.4 Å². The van der Waals surface area contributed by atoms with Crippen LogP contribution in [0.25, 0.3) is 0 Å². The average molecular weight is 506 g/mol. The summed E-state index contributed by atoms with van der Waals surface area (Å²) < 4.78 is 23.2. The molecule has 1 N–H and O–H groups in total. The number of amides is 1. The van der Waals surface area contributed by atoms with Gasteiger partial charge in [-0.05, 0) is 73.5 Å². The quantitative estimate of drug-likeness (QED) is 0.153. The van der Waals surface area contributed by atoms with Gasteiger partial charge < -0.3 is 18.9 Å². The summed E-state index contributed by atoms with van der Waals surface area (Å²) in [7, 11) is 0. The summed E-state index contributed by atoms with van der Waals surface area (Å²) in [6.45, 7) is 6.06. The topological polar surface area (TPSA) is 91.3 Å². The number of ether oxygens (including phenoxy) is 4. The molecule has 0 atom stereocenters. The molecule has 37 heavy (non-hydrogen) atoms. The van der Waals surface area contributed by atoms with Crippen molar-refractivity contribution in [2.75, 3.05) is 26.4 Å². The number of nitrogens with zero attached hydrogens (tertiary/aromatic N) is 2. The molecule has 0 fully saturated rings. The molecule has 196 valence electrons. The Morgan fingerprint density at radius 3 is 2.22 bits per heavy atom. The van der Waals surface area contributed by atoms with Crippen molar-refractivity contribution in [3.63, 3.8) is 0 Å². The molecule has 0 unspecified atom stereocenters. The summed E-state index contributed by atoms with van der Waals surface area (Å²) in [5.41, 5.74) is 3.74. The molecule has 2 aromatic carbocycles. The highest BCUT2D eigenvalue weighted by molar-refractivity contribution is 5.94. The third kappa shape index (κ3) is 9.83. The van der Waals surface area contributed by atoms with Crippen molar-refractivity contribution in [1.29, 1.82) is 0 Å². The molecule has 8 nitrogen and oxygen atoms in total. The second-order valence-electron chi connectivity index (χ2n) is 8.15. The van der Waals surface area contributed by atoms with Gasteiger partial charge in [0.25, 0.3) is 5.91 Å². The first-order valence-electron chi connectivity index (χ1n) is 12.7. The molecule has 0 spiro atoms. The number of hydrogen-bond donors (Lipinski definition) is 1. The lowest BCUT2D eigenvalue weighted by Gasteiger charge is -2.13. The number of carbonyl (C=O) groups excluding carboxylic acids is 1. The van der Waals surface area contributed by atoms with Crippen LogP contribution in [0.5, 0.6) is 23.0 Å². The Labute approximate surface area is 218 Å². The molecule has 3 rings (SSSR count). The fourth-order valence-corrected chi connectivity index (χ4v) is 3.39. The Morgan fingerprint density at radius 2 is 1.51 bits per heavy atom. The van der Waals surface area contributed by atoms with E-state index in [9.17, 15) is 4.79 Å². The van der Waals surface area contributed by atoms with Crippen LogP contribution >= 0.6 is 0 Å². The molecule has 3 aromatic rings. The van der Waals surface area contributed by atoms with E-state index in [0.29, 0.717) is 36.9 Å². The first-order valence-corrected chi connectivity index (χ1v) is 12.7. The van der Waals surface area contributed by atoms with Crippen LogP contribution in [0.2, 0.25) is 0 Å². The van der Waals surface area contributed by atoms with Crippen LogP contribution in [-0.4, -0.2) is 43.5 Å². The highest BCUT2D eigenvalue weighted by atomic mass is 16.5. The van der Waals surface area contributed by atoms with Crippen molar-refractivity contribution in [3.05, 3.63) is 78.1 Å². The van der Waals surface area contributed by atoms with Crippen molar-refractivity contribution in [1.82, 2.24) is 10.4 Å². The van der Waals surface area contributed by atoms with E-state index in [4.69, 9.17) is 18.9 Å². The van der Waals surface area contributed by atoms with Gasteiger partial charge in [-0.25, -0.2) is 5.43 Å². The van der Waals surface area contributed by atoms with Crippen molar-refractivity contribution in [2.45, 2.75) is 39.5 Å². The monoisotopic (exact) mass is 505 g/mol. The Hall–Kier alpha value is -4.07. The molecule has 0 bridgehead atoms. The van der Waals surface area contributed by atoms with Crippen LogP contribution in [0.1, 0.15) is 55.5 Å². The fourth-order valence-electron chi connectivity index (χ4n) is 3.39. The predicted octanol–water partition coefficient (Wildman–Crippen LogP) is 5.66. The largest absolute Gasteiger partial charge is 0.494 e. The van der Waals surface area contributed by atoms with Crippen molar-refractivity contribution in [2.24, 2.45) is 5.10 Å². The molecule has 0 aliphatic carbocycles. The molecule has 0 radical (unpaired) electrons. The lowest BCUT2D eigenvalue weighted by atomic mass is 10.2. The number of hydrogen-bond acceptors (Lipinski definition) is 7. The van der Waals surface area contributed by atoms with Gasteiger partial charge in [0.1, 0.15) is 24.7 Å². The number of unbranched alkanes of at least 4 members (excludes halogenated alkanes) is 3. The second-order valence-corrected chi connectivity index (χ2v) is 8.15. The van der Waals surface area contributed by atoms with Gasteiger partial charge >= 0.3 is 0 Å². The maximum Gasteiger partial charge on any atom is 0.271 e. The summed E-state index contributed by atoms with van der Waals surface area (Å²) >= 11 is 0. The number of aromatic nitrogens is 1. The van der Waals surface area contributed by atoms with Crippen molar-refractivity contribution < 1.29 is 23.7 Å². The molecule has 0 aliphatic heterocycles. The Balaban J connectivity index is 1.44. The maximum atomic E-state index is 12.1. The van der Waals surface area contributed by atoms with E-state index in [2.05, 4.69) is 22.4 Å². The number of pyridine rings is 1. The van der Waals surface area contributed by atoms with Gasteiger partial charge in [0, 0.05) is 18.0 Å². The van der Waals surface area contributed by atoms with E-state index < -0.39 is 0 Å². The highest BCUT2D eigenvalue weighted by Gasteiger charge is 2.07. The second kappa shape index (κ2) is 15.8. The fraction of sp³-hybridized carbons (Fsp3) is 0.345. The zero-order chi connectivity index (χ0) is 26.1. The van der Waals surface area contributed by atoms with Crippen molar-refractivity contribution >= 4 is 12.1 Å². The normalized spacial score (nSPS) is 10.8. The number of carbonyl (C=O) groups is 1. The van der Waals surface area contributed by atoms with E-state index in [0.717, 1.165) is 30.1 Å². The van der Waals surface area contributed by atoms with Gasteiger partial charge in [0.2, 0.25) is 0 Å². The van der Waals surface area contributed by atoms with E-state index in [1.165, 1.54) is 19.3 Å². The molecule has 8 heteroatoms. The summed E-state index contributed by atoms with van der Waals surface area (Å²) in [4.78, 5) is 16.0. The van der Waals surface area contributed by atoms with Crippen LogP contribution in [0.3, 0.4) is 0 Å².